The average molecular weight is 518 g/mol. The van der Waals surface area contributed by atoms with Gasteiger partial charge in [-0.25, -0.2) is 4.79 Å². The van der Waals surface area contributed by atoms with Crippen molar-refractivity contribution in [1.82, 2.24) is 0 Å². The van der Waals surface area contributed by atoms with E-state index in [1.54, 1.807) is 0 Å². The Morgan fingerprint density at radius 1 is 1.06 bits per heavy atom. The molecule has 2 fully saturated rings. The Labute approximate surface area is 205 Å². The molecule has 9 atom stereocenters. The fraction of sp³-hybridized carbons (Fsp3) is 0.591. The van der Waals surface area contributed by atoms with Crippen molar-refractivity contribution in [2.45, 2.75) is 54.8 Å². The average Bonchev–Trinajstić information content (AvgIpc) is 3.12. The second-order valence-electron chi connectivity index (χ2n) is 8.27. The van der Waals surface area contributed by atoms with Crippen molar-refractivity contribution in [1.29, 1.82) is 0 Å². The van der Waals surface area contributed by atoms with Crippen LogP contribution in [0.15, 0.2) is 24.3 Å². The molecule has 36 heavy (non-hydrogen) atoms. The smallest absolute Gasteiger partial charge is 0.330 e. The van der Waals surface area contributed by atoms with Gasteiger partial charge in [-0.1, -0.05) is 6.07 Å². The van der Waals surface area contributed by atoms with Crippen LogP contribution in [0.2, 0.25) is 0 Å². The predicted octanol–water partition coefficient (Wildman–Crippen LogP) is -3.42. The van der Waals surface area contributed by atoms with Crippen LogP contribution < -0.4 is 4.74 Å². The van der Waals surface area contributed by atoms with Gasteiger partial charge in [-0.2, -0.15) is 0 Å². The summed E-state index contributed by atoms with van der Waals surface area (Å²) in [5, 5.41) is 79.6. The molecule has 3 rings (SSSR count). The third-order valence-corrected chi connectivity index (χ3v) is 5.90. The highest BCUT2D eigenvalue weighted by Gasteiger charge is 2.58. The summed E-state index contributed by atoms with van der Waals surface area (Å²) in [4.78, 5) is 12.1. The molecule has 9 unspecified atom stereocenters. The van der Waals surface area contributed by atoms with E-state index in [0.29, 0.717) is 5.56 Å². The molecule has 0 radical (unpaired) electrons. The number of benzene rings is 1. The molecule has 0 amide bonds. The summed E-state index contributed by atoms with van der Waals surface area (Å²) < 4.78 is 26.0. The second-order valence-corrected chi connectivity index (χ2v) is 8.27. The third-order valence-electron chi connectivity index (χ3n) is 5.90. The maximum Gasteiger partial charge on any atom is 0.330 e. The zero-order valence-electron chi connectivity index (χ0n) is 19.2. The number of carbonyl (C=O) groups is 1. The lowest BCUT2D eigenvalue weighted by molar-refractivity contribution is -0.383. The SMILES string of the molecule is COc1cc(/C=C/C(=O)OCC2OC(OC3(CO)OC(CO)C(O)C3O)C(O)C(O)C2O)ccc1O. The summed E-state index contributed by atoms with van der Waals surface area (Å²) in [6.45, 7) is -2.34. The number of phenols is 1. The van der Waals surface area contributed by atoms with Crippen molar-refractivity contribution >= 4 is 12.0 Å². The van der Waals surface area contributed by atoms with Gasteiger partial charge in [0.2, 0.25) is 5.79 Å². The molecule has 0 bridgehead atoms. The van der Waals surface area contributed by atoms with Gasteiger partial charge in [0.05, 0.1) is 13.7 Å². The molecule has 2 aliphatic rings. The molecule has 0 aromatic heterocycles. The van der Waals surface area contributed by atoms with Gasteiger partial charge in [-0.05, 0) is 23.8 Å². The van der Waals surface area contributed by atoms with Crippen LogP contribution in [0.25, 0.3) is 6.08 Å². The van der Waals surface area contributed by atoms with E-state index in [1.807, 2.05) is 0 Å². The number of ether oxygens (including phenoxy) is 5. The lowest BCUT2D eigenvalue weighted by atomic mass is 9.99. The molecule has 202 valence electrons. The third kappa shape index (κ3) is 5.78. The van der Waals surface area contributed by atoms with Gasteiger partial charge < -0.3 is 64.5 Å². The predicted molar refractivity (Wildman–Crippen MR) is 116 cm³/mol. The number of hydrogen-bond donors (Lipinski definition) is 8. The van der Waals surface area contributed by atoms with Gasteiger partial charge >= 0.3 is 5.97 Å². The molecule has 8 N–H and O–H groups in total. The number of aliphatic hydroxyl groups excluding tert-OH is 7. The number of rotatable bonds is 9. The molecule has 14 heteroatoms. The van der Waals surface area contributed by atoms with Gasteiger partial charge in [-0.3, -0.25) is 0 Å². The Balaban J connectivity index is 1.64. The van der Waals surface area contributed by atoms with E-state index in [1.165, 1.54) is 31.4 Å². The maximum atomic E-state index is 12.1. The van der Waals surface area contributed by atoms with Gasteiger partial charge in [0.15, 0.2) is 17.8 Å². The van der Waals surface area contributed by atoms with Crippen molar-refractivity contribution in [2.24, 2.45) is 0 Å². The fourth-order valence-corrected chi connectivity index (χ4v) is 3.79. The molecule has 2 aliphatic heterocycles. The standard InChI is InChI=1S/C22H30O14/c1-32-12-6-10(2-4-11(12)25)3-5-15(26)33-8-14-16(27)18(29)19(30)21(34-14)36-22(9-24)20(31)17(28)13(7-23)35-22/h2-6,13-14,16-21,23-25,27-31H,7-9H2,1H3/b5-3+. The van der Waals surface area contributed by atoms with E-state index in [9.17, 15) is 45.6 Å². The number of aliphatic hydroxyl groups is 7. The van der Waals surface area contributed by atoms with Crippen molar-refractivity contribution in [2.75, 3.05) is 26.9 Å². The van der Waals surface area contributed by atoms with Crippen LogP contribution in [0, 0.1) is 0 Å². The monoisotopic (exact) mass is 518 g/mol. The van der Waals surface area contributed by atoms with Gasteiger partial charge in [0.1, 0.15) is 55.9 Å². The largest absolute Gasteiger partial charge is 0.504 e. The molecule has 0 spiro atoms. The number of hydrogen-bond acceptors (Lipinski definition) is 14. The summed E-state index contributed by atoms with van der Waals surface area (Å²) >= 11 is 0. The minimum atomic E-state index is -2.32. The number of phenolic OH excluding ortho intramolecular Hbond substituents is 1. The van der Waals surface area contributed by atoms with Gasteiger partial charge in [0, 0.05) is 6.08 Å². The molecular weight excluding hydrogens is 488 g/mol. The number of carbonyl (C=O) groups excluding carboxylic acids is 1. The van der Waals surface area contributed by atoms with Crippen LogP contribution in [-0.4, -0.2) is 129 Å². The zero-order valence-corrected chi connectivity index (χ0v) is 19.2. The Hall–Kier alpha value is -2.37. The van der Waals surface area contributed by atoms with Crippen molar-refractivity contribution < 1.29 is 69.3 Å². The molecule has 0 aliphatic carbocycles. The van der Waals surface area contributed by atoms with Crippen molar-refractivity contribution in [3.8, 4) is 11.5 Å². The first-order valence-electron chi connectivity index (χ1n) is 10.9. The Morgan fingerprint density at radius 2 is 1.78 bits per heavy atom. The Bertz CT molecular complexity index is 924. The summed E-state index contributed by atoms with van der Waals surface area (Å²) in [6, 6.07) is 4.36. The van der Waals surface area contributed by atoms with Crippen LogP contribution in [0.1, 0.15) is 5.56 Å². The second kappa shape index (κ2) is 11.8. The molecule has 2 saturated heterocycles. The first-order chi connectivity index (χ1) is 17.1. The van der Waals surface area contributed by atoms with E-state index in [4.69, 9.17) is 23.7 Å². The maximum absolute atomic E-state index is 12.1. The van der Waals surface area contributed by atoms with Crippen LogP contribution in [0.4, 0.5) is 0 Å². The Kier molecular flexibility index (Phi) is 9.23. The number of methoxy groups -OCH3 is 1. The van der Waals surface area contributed by atoms with Crippen LogP contribution in [-0.2, 0) is 23.7 Å². The van der Waals surface area contributed by atoms with E-state index in [-0.39, 0.29) is 11.5 Å². The summed E-state index contributed by atoms with van der Waals surface area (Å²) in [7, 11) is 1.36. The molecule has 1 aromatic rings. The number of esters is 1. The number of aromatic hydroxyl groups is 1. The minimum absolute atomic E-state index is 0.0851. The zero-order chi connectivity index (χ0) is 26.6. The highest BCUT2D eigenvalue weighted by molar-refractivity contribution is 5.87. The molecule has 14 nitrogen and oxygen atoms in total. The first kappa shape index (κ1) is 28.2. The molecule has 0 saturated carbocycles. The highest BCUT2D eigenvalue weighted by atomic mass is 16.8. The van der Waals surface area contributed by atoms with Crippen LogP contribution >= 0.6 is 0 Å². The van der Waals surface area contributed by atoms with Crippen molar-refractivity contribution in [3.05, 3.63) is 29.8 Å². The normalized spacial score (nSPS) is 36.8. The lowest BCUT2D eigenvalue weighted by Gasteiger charge is -2.43. The quantitative estimate of drug-likeness (QED) is 0.118. The van der Waals surface area contributed by atoms with Gasteiger partial charge in [0.25, 0.3) is 0 Å². The van der Waals surface area contributed by atoms with Crippen LogP contribution in [0.3, 0.4) is 0 Å². The lowest BCUT2D eigenvalue weighted by Crippen LogP contribution is -2.62. The van der Waals surface area contributed by atoms with E-state index < -0.39 is 80.6 Å². The molecular formula is C22H30O14. The summed E-state index contributed by atoms with van der Waals surface area (Å²) in [6.07, 6.45) is -11.1. The fourth-order valence-electron chi connectivity index (χ4n) is 3.79. The molecule has 1 aromatic carbocycles. The Morgan fingerprint density at radius 3 is 2.39 bits per heavy atom. The van der Waals surface area contributed by atoms with E-state index >= 15 is 0 Å². The molecule has 2 heterocycles. The van der Waals surface area contributed by atoms with E-state index in [2.05, 4.69) is 0 Å². The minimum Gasteiger partial charge on any atom is -0.504 e. The van der Waals surface area contributed by atoms with Crippen LogP contribution in [0.5, 0.6) is 11.5 Å². The first-order valence-corrected chi connectivity index (χ1v) is 10.9. The summed E-state index contributed by atoms with van der Waals surface area (Å²) in [5.41, 5.74) is 0.510. The van der Waals surface area contributed by atoms with Gasteiger partial charge in [-0.15, -0.1) is 0 Å². The topological polar surface area (TPSA) is 225 Å². The van der Waals surface area contributed by atoms with E-state index in [0.717, 1.165) is 6.08 Å². The van der Waals surface area contributed by atoms with Crippen molar-refractivity contribution in [3.63, 3.8) is 0 Å². The highest BCUT2D eigenvalue weighted by Crippen LogP contribution is 2.36. The summed E-state index contributed by atoms with van der Waals surface area (Å²) in [5.74, 6) is -3.07.